The number of fused-ring (bicyclic) bond motifs is 1. The number of hydrogen-bond acceptors (Lipinski definition) is 5. The molecule has 2 aromatic heterocycles. The molecular formula is C25H27N3O3S. The first-order chi connectivity index (χ1) is 15.4. The van der Waals surface area contributed by atoms with E-state index in [0.29, 0.717) is 22.6 Å². The summed E-state index contributed by atoms with van der Waals surface area (Å²) in [6.07, 6.45) is 4.78. The Kier molecular flexibility index (Phi) is 5.37. The summed E-state index contributed by atoms with van der Waals surface area (Å²) in [6, 6.07) is 13.8. The van der Waals surface area contributed by atoms with Crippen LogP contribution in [0.25, 0.3) is 22.2 Å². The van der Waals surface area contributed by atoms with Crippen LogP contribution in [0.5, 0.6) is 0 Å². The van der Waals surface area contributed by atoms with Crippen LogP contribution in [0.3, 0.4) is 0 Å². The topological polar surface area (TPSA) is 88.8 Å². The van der Waals surface area contributed by atoms with Gasteiger partial charge in [-0.15, -0.1) is 0 Å². The lowest BCUT2D eigenvalue weighted by molar-refractivity contribution is 0.393. The van der Waals surface area contributed by atoms with E-state index >= 15 is 0 Å². The molecule has 1 N–H and O–H groups in total. The monoisotopic (exact) mass is 449 g/mol. The van der Waals surface area contributed by atoms with Crippen LogP contribution in [0.2, 0.25) is 0 Å². The molecule has 2 aromatic carbocycles. The average Bonchev–Trinajstić information content (AvgIpc) is 3.48. The highest BCUT2D eigenvalue weighted by Crippen LogP contribution is 2.35. The van der Waals surface area contributed by atoms with Gasteiger partial charge in [0.25, 0.3) is 0 Å². The number of sulfone groups is 1. The fourth-order valence-corrected chi connectivity index (χ4v) is 6.75. The Morgan fingerprint density at radius 3 is 2.53 bits per heavy atom. The van der Waals surface area contributed by atoms with Gasteiger partial charge in [-0.3, -0.25) is 0 Å². The normalized spacial score (nSPS) is 15.1. The number of rotatable bonds is 6. The van der Waals surface area contributed by atoms with Crippen molar-refractivity contribution in [2.75, 3.05) is 5.75 Å². The van der Waals surface area contributed by atoms with Gasteiger partial charge in [0.05, 0.1) is 21.9 Å². The fourth-order valence-electron chi connectivity index (χ4n) is 4.86. The number of hydrogen-bond donors (Lipinski definition) is 1. The van der Waals surface area contributed by atoms with E-state index in [4.69, 9.17) is 9.51 Å². The van der Waals surface area contributed by atoms with Gasteiger partial charge in [0.1, 0.15) is 17.1 Å². The van der Waals surface area contributed by atoms with Gasteiger partial charge in [-0.25, -0.2) is 13.4 Å². The molecule has 0 atom stereocenters. The Hall–Kier alpha value is -2.93. The van der Waals surface area contributed by atoms with Crippen LogP contribution in [-0.4, -0.2) is 29.3 Å². The predicted molar refractivity (Wildman–Crippen MR) is 124 cm³/mol. The number of H-pyrrole nitrogens is 1. The first-order valence-corrected chi connectivity index (χ1v) is 12.8. The second kappa shape index (κ2) is 8.20. The Labute approximate surface area is 188 Å². The summed E-state index contributed by atoms with van der Waals surface area (Å²) in [5.74, 6) is 1.82. The molecule has 1 fully saturated rings. The summed E-state index contributed by atoms with van der Waals surface area (Å²) < 4.78 is 32.5. The van der Waals surface area contributed by atoms with Gasteiger partial charge >= 0.3 is 0 Å². The molecule has 5 rings (SSSR count). The summed E-state index contributed by atoms with van der Waals surface area (Å²) in [4.78, 5) is 8.41. The first-order valence-electron chi connectivity index (χ1n) is 11.1. The zero-order valence-electron chi connectivity index (χ0n) is 18.4. The maximum absolute atomic E-state index is 13.6. The standard InChI is InChI=1S/C25H27N3O3S/c1-16-24(17(2)31-28-16)20-13-21-25(27-23(26-21)12-18-8-4-3-5-9-18)22(14-20)32(29,30)15-19-10-6-7-11-19/h3-5,8-9,13-14,19H,6-7,10-12,15H2,1-2H3,(H,26,27). The maximum Gasteiger partial charge on any atom is 0.180 e. The third kappa shape index (κ3) is 3.97. The number of benzene rings is 2. The van der Waals surface area contributed by atoms with Crippen molar-refractivity contribution in [2.24, 2.45) is 5.92 Å². The van der Waals surface area contributed by atoms with Crippen molar-refractivity contribution in [1.82, 2.24) is 15.1 Å². The third-order valence-electron chi connectivity index (χ3n) is 6.40. The van der Waals surface area contributed by atoms with Crippen LogP contribution >= 0.6 is 0 Å². The van der Waals surface area contributed by atoms with Crippen molar-refractivity contribution in [3.05, 3.63) is 65.3 Å². The lowest BCUT2D eigenvalue weighted by Crippen LogP contribution is -2.14. The second-order valence-electron chi connectivity index (χ2n) is 8.85. The molecule has 1 aliphatic rings. The van der Waals surface area contributed by atoms with Gasteiger partial charge in [-0.05, 0) is 55.9 Å². The molecule has 1 aliphatic carbocycles. The van der Waals surface area contributed by atoms with Gasteiger partial charge in [0, 0.05) is 12.0 Å². The van der Waals surface area contributed by atoms with Crippen LogP contribution in [0.1, 0.15) is 48.5 Å². The minimum Gasteiger partial charge on any atom is -0.361 e. The number of aromatic nitrogens is 3. The quantitative estimate of drug-likeness (QED) is 0.426. The number of nitrogens with one attached hydrogen (secondary N) is 1. The van der Waals surface area contributed by atoms with Crippen molar-refractivity contribution in [2.45, 2.75) is 50.8 Å². The number of aromatic amines is 1. The highest BCUT2D eigenvalue weighted by Gasteiger charge is 2.28. The Bertz CT molecular complexity index is 1340. The molecule has 0 radical (unpaired) electrons. The number of aryl methyl sites for hydroxylation is 2. The molecule has 4 aromatic rings. The minimum absolute atomic E-state index is 0.175. The Morgan fingerprint density at radius 2 is 1.84 bits per heavy atom. The van der Waals surface area contributed by atoms with Crippen molar-refractivity contribution in [1.29, 1.82) is 0 Å². The molecule has 0 amide bonds. The zero-order valence-corrected chi connectivity index (χ0v) is 19.2. The van der Waals surface area contributed by atoms with Gasteiger partial charge in [-0.1, -0.05) is 48.3 Å². The van der Waals surface area contributed by atoms with Crippen LogP contribution in [0.4, 0.5) is 0 Å². The van der Waals surface area contributed by atoms with E-state index in [2.05, 4.69) is 10.1 Å². The molecule has 7 heteroatoms. The van der Waals surface area contributed by atoms with E-state index in [1.54, 1.807) is 6.07 Å². The molecule has 1 saturated carbocycles. The van der Waals surface area contributed by atoms with E-state index in [0.717, 1.165) is 59.4 Å². The molecule has 0 unspecified atom stereocenters. The smallest absolute Gasteiger partial charge is 0.180 e. The molecule has 166 valence electrons. The summed E-state index contributed by atoms with van der Waals surface area (Å²) in [5, 5.41) is 4.06. The average molecular weight is 450 g/mol. The molecule has 0 spiro atoms. The van der Waals surface area contributed by atoms with E-state index in [9.17, 15) is 8.42 Å². The summed E-state index contributed by atoms with van der Waals surface area (Å²) >= 11 is 0. The van der Waals surface area contributed by atoms with E-state index in [1.165, 1.54) is 0 Å². The lowest BCUT2D eigenvalue weighted by Gasteiger charge is -2.12. The fraction of sp³-hybridized carbons (Fsp3) is 0.360. The van der Waals surface area contributed by atoms with Crippen molar-refractivity contribution >= 4 is 20.9 Å². The van der Waals surface area contributed by atoms with E-state index < -0.39 is 9.84 Å². The molecule has 0 bridgehead atoms. The zero-order chi connectivity index (χ0) is 22.3. The SMILES string of the molecule is Cc1noc(C)c1-c1cc(S(=O)(=O)CC2CCCC2)c2nc(Cc3ccccc3)[nH]c2c1. The molecule has 0 aliphatic heterocycles. The van der Waals surface area contributed by atoms with Crippen LogP contribution < -0.4 is 0 Å². The predicted octanol–water partition coefficient (Wildman–Crippen LogP) is 5.39. The van der Waals surface area contributed by atoms with Crippen LogP contribution in [-0.2, 0) is 16.3 Å². The molecule has 6 nitrogen and oxygen atoms in total. The first kappa shape index (κ1) is 20.9. The number of nitrogens with zero attached hydrogens (tertiary/aromatic N) is 2. The van der Waals surface area contributed by atoms with Crippen LogP contribution in [0, 0.1) is 19.8 Å². The second-order valence-corrected chi connectivity index (χ2v) is 10.9. The Morgan fingerprint density at radius 1 is 1.09 bits per heavy atom. The van der Waals surface area contributed by atoms with Gasteiger partial charge in [0.2, 0.25) is 0 Å². The summed E-state index contributed by atoms with van der Waals surface area (Å²) in [6.45, 7) is 3.72. The molecular weight excluding hydrogens is 422 g/mol. The highest BCUT2D eigenvalue weighted by atomic mass is 32.2. The van der Waals surface area contributed by atoms with Crippen molar-refractivity contribution in [3.8, 4) is 11.1 Å². The minimum atomic E-state index is -3.50. The van der Waals surface area contributed by atoms with Crippen LogP contribution in [0.15, 0.2) is 51.9 Å². The number of imidazole rings is 1. The molecule has 32 heavy (non-hydrogen) atoms. The third-order valence-corrected chi connectivity index (χ3v) is 8.29. The van der Waals surface area contributed by atoms with Gasteiger partial charge < -0.3 is 9.51 Å². The largest absolute Gasteiger partial charge is 0.361 e. The van der Waals surface area contributed by atoms with Gasteiger partial charge in [-0.2, -0.15) is 0 Å². The summed E-state index contributed by atoms with van der Waals surface area (Å²) in [5.41, 5.74) is 4.72. The lowest BCUT2D eigenvalue weighted by atomic mass is 10.0. The molecule has 2 heterocycles. The maximum atomic E-state index is 13.6. The Balaban J connectivity index is 1.65. The molecule has 0 saturated heterocycles. The summed E-state index contributed by atoms with van der Waals surface area (Å²) in [7, 11) is -3.50. The van der Waals surface area contributed by atoms with Crippen molar-refractivity contribution in [3.63, 3.8) is 0 Å². The van der Waals surface area contributed by atoms with Gasteiger partial charge in [0.15, 0.2) is 9.84 Å². The highest BCUT2D eigenvalue weighted by molar-refractivity contribution is 7.91. The van der Waals surface area contributed by atoms with Crippen molar-refractivity contribution < 1.29 is 12.9 Å². The van der Waals surface area contributed by atoms with E-state index in [-0.39, 0.29) is 11.7 Å². The van der Waals surface area contributed by atoms with E-state index in [1.807, 2.05) is 50.2 Å².